The van der Waals surface area contributed by atoms with Crippen molar-refractivity contribution in [3.63, 3.8) is 0 Å². The molecule has 0 aliphatic rings. The second-order valence-corrected chi connectivity index (χ2v) is 4.71. The molecule has 1 heterocycles. The predicted molar refractivity (Wildman–Crippen MR) is 70.7 cm³/mol. The zero-order chi connectivity index (χ0) is 16.0. The number of nitrogens with one attached hydrogen (secondary N) is 1. The lowest BCUT2D eigenvalue weighted by atomic mass is 10.1. The van der Waals surface area contributed by atoms with Gasteiger partial charge in [0.15, 0.2) is 5.69 Å². The summed E-state index contributed by atoms with van der Waals surface area (Å²) in [6.45, 7) is 5.26. The van der Waals surface area contributed by atoms with Crippen molar-refractivity contribution in [2.24, 2.45) is 5.92 Å². The minimum atomic E-state index is -1.21. The van der Waals surface area contributed by atoms with Crippen LogP contribution in [-0.2, 0) is 22.5 Å². The van der Waals surface area contributed by atoms with Gasteiger partial charge in [-0.25, -0.2) is 14.3 Å². The highest BCUT2D eigenvalue weighted by atomic mass is 16.5. The summed E-state index contributed by atoms with van der Waals surface area (Å²) in [5.41, 5.74) is 0.157. The summed E-state index contributed by atoms with van der Waals surface area (Å²) >= 11 is 0. The number of alkyl carbamates (subject to hydrolysis) is 1. The molecule has 0 fully saturated rings. The Morgan fingerprint density at radius 2 is 2.05 bits per heavy atom. The number of hydrogen-bond donors (Lipinski definition) is 2. The zero-order valence-electron chi connectivity index (χ0n) is 12.1. The van der Waals surface area contributed by atoms with Crippen LogP contribution in [0.3, 0.4) is 0 Å². The molecular formula is C12H18N4O5. The standard InChI is InChI=1S/C12H18N4O5/c1-4-21-12(20)13-9(17)6-16-8(5-7(2)3)10(11(18)19)14-15-16/h7H,4-6H2,1-3H3,(H,18,19)(H,13,17,20). The van der Waals surface area contributed by atoms with E-state index in [1.54, 1.807) is 6.92 Å². The highest BCUT2D eigenvalue weighted by Crippen LogP contribution is 2.12. The number of nitrogens with zero attached hydrogens (tertiary/aromatic N) is 3. The second kappa shape index (κ2) is 7.36. The van der Waals surface area contributed by atoms with Crippen LogP contribution in [-0.4, -0.2) is 44.7 Å². The molecule has 1 aromatic heterocycles. The number of aromatic carboxylic acids is 1. The summed E-state index contributed by atoms with van der Waals surface area (Å²) in [5, 5.41) is 18.3. The van der Waals surface area contributed by atoms with Crippen LogP contribution in [0.25, 0.3) is 0 Å². The van der Waals surface area contributed by atoms with E-state index < -0.39 is 18.0 Å². The largest absolute Gasteiger partial charge is 0.476 e. The SMILES string of the molecule is CCOC(=O)NC(=O)Cn1nnc(C(=O)O)c1CC(C)C. The Morgan fingerprint density at radius 3 is 2.57 bits per heavy atom. The minimum Gasteiger partial charge on any atom is -0.476 e. The van der Waals surface area contributed by atoms with Crippen LogP contribution in [0.4, 0.5) is 4.79 Å². The number of rotatable bonds is 6. The number of hydrogen-bond acceptors (Lipinski definition) is 6. The van der Waals surface area contributed by atoms with Crippen molar-refractivity contribution in [3.8, 4) is 0 Å². The number of carbonyl (C=O) groups is 3. The van der Waals surface area contributed by atoms with Crippen molar-refractivity contribution in [2.75, 3.05) is 6.61 Å². The molecule has 116 valence electrons. The molecule has 0 radical (unpaired) electrons. The Bertz CT molecular complexity index is 538. The summed E-state index contributed by atoms with van der Waals surface area (Å²) in [7, 11) is 0. The number of ether oxygens (including phenoxy) is 1. The van der Waals surface area contributed by atoms with E-state index in [1.165, 1.54) is 4.68 Å². The van der Waals surface area contributed by atoms with Crippen molar-refractivity contribution >= 4 is 18.0 Å². The van der Waals surface area contributed by atoms with E-state index in [9.17, 15) is 14.4 Å². The zero-order valence-corrected chi connectivity index (χ0v) is 12.1. The maximum absolute atomic E-state index is 11.7. The molecule has 0 bridgehead atoms. The van der Waals surface area contributed by atoms with Gasteiger partial charge in [-0.2, -0.15) is 0 Å². The van der Waals surface area contributed by atoms with Gasteiger partial charge < -0.3 is 9.84 Å². The summed E-state index contributed by atoms with van der Waals surface area (Å²) in [6.07, 6.45) is -0.451. The van der Waals surface area contributed by atoms with Crippen molar-refractivity contribution in [1.29, 1.82) is 0 Å². The third kappa shape index (κ3) is 4.86. The molecule has 0 aliphatic carbocycles. The van der Waals surface area contributed by atoms with Crippen molar-refractivity contribution < 1.29 is 24.2 Å². The second-order valence-electron chi connectivity index (χ2n) is 4.71. The molecule has 9 nitrogen and oxygen atoms in total. The van der Waals surface area contributed by atoms with Crippen LogP contribution in [0.1, 0.15) is 37.0 Å². The van der Waals surface area contributed by atoms with Crippen LogP contribution in [0.15, 0.2) is 0 Å². The van der Waals surface area contributed by atoms with E-state index in [0.29, 0.717) is 12.1 Å². The lowest BCUT2D eigenvalue weighted by molar-refractivity contribution is -0.121. The number of carboxylic acid groups (broad SMARTS) is 1. The van der Waals surface area contributed by atoms with E-state index in [4.69, 9.17) is 5.11 Å². The number of carbonyl (C=O) groups excluding carboxylic acids is 2. The summed E-state index contributed by atoms with van der Waals surface area (Å²) in [6, 6.07) is 0. The number of carboxylic acids is 1. The van der Waals surface area contributed by atoms with E-state index in [2.05, 4.69) is 15.0 Å². The lowest BCUT2D eigenvalue weighted by Gasteiger charge is -2.09. The summed E-state index contributed by atoms with van der Waals surface area (Å²) in [5.74, 6) is -1.70. The van der Waals surface area contributed by atoms with Crippen LogP contribution >= 0.6 is 0 Å². The Hall–Kier alpha value is -2.45. The quantitative estimate of drug-likeness (QED) is 0.781. The maximum atomic E-state index is 11.7. The molecule has 0 aliphatic heterocycles. The third-order valence-corrected chi connectivity index (χ3v) is 2.45. The Kier molecular flexibility index (Phi) is 5.82. The van der Waals surface area contributed by atoms with Crippen molar-refractivity contribution in [2.45, 2.75) is 33.7 Å². The molecule has 2 amide bonds. The summed E-state index contributed by atoms with van der Waals surface area (Å²) < 4.78 is 5.76. The van der Waals surface area contributed by atoms with Crippen molar-refractivity contribution in [1.82, 2.24) is 20.3 Å². The van der Waals surface area contributed by atoms with Crippen molar-refractivity contribution in [3.05, 3.63) is 11.4 Å². The molecule has 1 rings (SSSR count). The Balaban J connectivity index is 2.85. The van der Waals surface area contributed by atoms with Gasteiger partial charge in [0, 0.05) is 0 Å². The lowest BCUT2D eigenvalue weighted by Crippen LogP contribution is -2.34. The first-order chi connectivity index (χ1) is 9.85. The maximum Gasteiger partial charge on any atom is 0.413 e. The molecule has 0 atom stereocenters. The first-order valence-corrected chi connectivity index (χ1v) is 6.47. The van der Waals surface area contributed by atoms with E-state index >= 15 is 0 Å². The number of aromatic nitrogens is 3. The normalized spacial score (nSPS) is 10.5. The fraction of sp³-hybridized carbons (Fsp3) is 0.583. The fourth-order valence-electron chi connectivity index (χ4n) is 1.67. The monoisotopic (exact) mass is 298 g/mol. The summed E-state index contributed by atoms with van der Waals surface area (Å²) in [4.78, 5) is 33.9. The predicted octanol–water partition coefficient (Wildman–Crippen LogP) is 0.447. The molecule has 9 heteroatoms. The van der Waals surface area contributed by atoms with Gasteiger partial charge in [0.2, 0.25) is 0 Å². The third-order valence-electron chi connectivity index (χ3n) is 2.45. The van der Waals surface area contributed by atoms with E-state index in [1.807, 2.05) is 19.2 Å². The molecule has 0 unspecified atom stereocenters. The van der Waals surface area contributed by atoms with Gasteiger partial charge in [-0.1, -0.05) is 19.1 Å². The molecule has 0 aromatic carbocycles. The van der Waals surface area contributed by atoms with Crippen LogP contribution < -0.4 is 5.32 Å². The van der Waals surface area contributed by atoms with Gasteiger partial charge in [0.25, 0.3) is 5.91 Å². The Morgan fingerprint density at radius 1 is 1.38 bits per heavy atom. The van der Waals surface area contributed by atoms with E-state index in [0.717, 1.165) is 0 Å². The highest BCUT2D eigenvalue weighted by molar-refractivity contribution is 5.91. The topological polar surface area (TPSA) is 123 Å². The van der Waals surface area contributed by atoms with Crippen LogP contribution in [0.2, 0.25) is 0 Å². The first-order valence-electron chi connectivity index (χ1n) is 6.47. The number of amides is 2. The van der Waals surface area contributed by atoms with Gasteiger partial charge >= 0.3 is 12.1 Å². The first kappa shape index (κ1) is 16.6. The van der Waals surface area contributed by atoms with Gasteiger partial charge in [-0.15, -0.1) is 5.10 Å². The van der Waals surface area contributed by atoms with Crippen LogP contribution in [0.5, 0.6) is 0 Å². The van der Waals surface area contributed by atoms with Gasteiger partial charge in [0.05, 0.1) is 12.3 Å². The molecular weight excluding hydrogens is 280 g/mol. The van der Waals surface area contributed by atoms with Gasteiger partial charge in [-0.05, 0) is 19.3 Å². The molecule has 21 heavy (non-hydrogen) atoms. The van der Waals surface area contributed by atoms with Gasteiger partial charge in [-0.3, -0.25) is 10.1 Å². The van der Waals surface area contributed by atoms with E-state index in [-0.39, 0.29) is 24.8 Å². The van der Waals surface area contributed by atoms with Gasteiger partial charge in [0.1, 0.15) is 6.54 Å². The van der Waals surface area contributed by atoms with Crippen LogP contribution in [0, 0.1) is 5.92 Å². The molecule has 1 aromatic rings. The smallest absolute Gasteiger partial charge is 0.413 e. The molecule has 0 saturated carbocycles. The molecule has 0 spiro atoms. The average molecular weight is 298 g/mol. The number of imide groups is 1. The fourth-order valence-corrected chi connectivity index (χ4v) is 1.67. The Labute approximate surface area is 121 Å². The molecule has 2 N–H and O–H groups in total. The minimum absolute atomic E-state index is 0.143. The highest BCUT2D eigenvalue weighted by Gasteiger charge is 2.21. The average Bonchev–Trinajstić information content (AvgIpc) is 2.71. The molecule has 0 saturated heterocycles.